The molecule has 2 atom stereocenters. The zero-order valence-electron chi connectivity index (χ0n) is 21.6. The fraction of sp³-hybridized carbons (Fsp3) is 0.125. The standard InChI is InChI=1S/C32H23ClN2O6/c33-21-9-5-19(6-10-21)17-37-22-11-7-20(8-12-22)30-24-14-13-23(15-28(24)41-31(35)25(30)16-34)39-32(36)29-18-38-26-3-1-2-4-27(26)40-29/h1-15,29-30H,17-18,35H2. The van der Waals surface area contributed by atoms with Crippen LogP contribution in [-0.2, 0) is 11.4 Å². The molecule has 2 N–H and O–H groups in total. The summed E-state index contributed by atoms with van der Waals surface area (Å²) in [7, 11) is 0. The monoisotopic (exact) mass is 566 g/mol. The smallest absolute Gasteiger partial charge is 0.356 e. The first kappa shape index (κ1) is 26.1. The lowest BCUT2D eigenvalue weighted by atomic mass is 9.83. The van der Waals surface area contributed by atoms with E-state index in [1.54, 1.807) is 36.4 Å². The van der Waals surface area contributed by atoms with Crippen molar-refractivity contribution >= 4 is 17.6 Å². The summed E-state index contributed by atoms with van der Waals surface area (Å²) in [6.45, 7) is 0.416. The van der Waals surface area contributed by atoms with Crippen LogP contribution in [0.15, 0.2) is 102 Å². The third kappa shape index (κ3) is 5.49. The summed E-state index contributed by atoms with van der Waals surface area (Å²) in [5, 5.41) is 10.6. The summed E-state index contributed by atoms with van der Waals surface area (Å²) in [5.41, 5.74) is 8.95. The highest BCUT2D eigenvalue weighted by molar-refractivity contribution is 6.30. The largest absolute Gasteiger partial charge is 0.489 e. The number of carbonyl (C=O) groups is 1. The fourth-order valence-electron chi connectivity index (χ4n) is 4.66. The Labute approximate surface area is 241 Å². The number of hydrogen-bond donors (Lipinski definition) is 1. The SMILES string of the molecule is N#CC1=C(N)Oc2cc(OC(=O)C3COc4ccccc4O3)ccc2C1c1ccc(OCc2ccc(Cl)cc2)cc1. The van der Waals surface area contributed by atoms with E-state index in [1.165, 1.54) is 0 Å². The number of para-hydroxylation sites is 2. The summed E-state index contributed by atoms with van der Waals surface area (Å²) in [4.78, 5) is 12.8. The minimum atomic E-state index is -0.926. The van der Waals surface area contributed by atoms with Gasteiger partial charge in [0, 0.05) is 16.7 Å². The van der Waals surface area contributed by atoms with Crippen molar-refractivity contribution in [3.8, 4) is 34.8 Å². The number of nitriles is 1. The molecular formula is C32H23ClN2O6. The van der Waals surface area contributed by atoms with Crippen LogP contribution < -0.4 is 29.4 Å². The van der Waals surface area contributed by atoms with Gasteiger partial charge in [0.25, 0.3) is 0 Å². The molecule has 0 bridgehead atoms. The molecule has 0 amide bonds. The van der Waals surface area contributed by atoms with E-state index in [9.17, 15) is 10.1 Å². The van der Waals surface area contributed by atoms with Gasteiger partial charge >= 0.3 is 5.97 Å². The van der Waals surface area contributed by atoms with Crippen molar-refractivity contribution in [3.05, 3.63) is 124 Å². The molecule has 204 valence electrons. The molecule has 0 spiro atoms. The van der Waals surface area contributed by atoms with E-state index < -0.39 is 18.0 Å². The summed E-state index contributed by atoms with van der Waals surface area (Å²) in [6.07, 6.45) is -0.926. The number of halogens is 1. The van der Waals surface area contributed by atoms with E-state index in [1.807, 2.05) is 54.6 Å². The van der Waals surface area contributed by atoms with Crippen molar-refractivity contribution < 1.29 is 28.5 Å². The number of esters is 1. The molecule has 6 rings (SSSR count). The molecule has 2 unspecified atom stereocenters. The molecule has 0 radical (unpaired) electrons. The molecule has 2 heterocycles. The van der Waals surface area contributed by atoms with Gasteiger partial charge in [-0.15, -0.1) is 0 Å². The van der Waals surface area contributed by atoms with Gasteiger partial charge in [0.2, 0.25) is 12.0 Å². The van der Waals surface area contributed by atoms with Gasteiger partial charge < -0.3 is 29.4 Å². The Hall–Kier alpha value is -5.13. The van der Waals surface area contributed by atoms with Gasteiger partial charge in [-0.05, 0) is 53.6 Å². The summed E-state index contributed by atoms with van der Waals surface area (Å²) < 4.78 is 28.6. The number of allylic oxidation sites excluding steroid dienone is 1. The Bertz CT molecular complexity index is 1680. The molecular weight excluding hydrogens is 544 g/mol. The van der Waals surface area contributed by atoms with Gasteiger partial charge in [0.1, 0.15) is 42.1 Å². The quantitative estimate of drug-likeness (QED) is 0.227. The number of nitrogens with two attached hydrogens (primary N) is 1. The highest BCUT2D eigenvalue weighted by Crippen LogP contribution is 2.44. The summed E-state index contributed by atoms with van der Waals surface area (Å²) in [5.74, 6) is 1.23. The number of rotatable bonds is 6. The molecule has 0 fully saturated rings. The molecule has 8 nitrogen and oxygen atoms in total. The third-order valence-electron chi connectivity index (χ3n) is 6.71. The maximum absolute atomic E-state index is 12.8. The van der Waals surface area contributed by atoms with Crippen LogP contribution in [-0.4, -0.2) is 18.7 Å². The third-order valence-corrected chi connectivity index (χ3v) is 6.96. The average molecular weight is 567 g/mol. The second-order valence-corrected chi connectivity index (χ2v) is 9.83. The summed E-state index contributed by atoms with van der Waals surface area (Å²) >= 11 is 5.95. The van der Waals surface area contributed by atoms with Gasteiger partial charge in [-0.3, -0.25) is 0 Å². The number of ether oxygens (including phenoxy) is 5. The maximum atomic E-state index is 12.8. The number of hydrogen-bond acceptors (Lipinski definition) is 8. The van der Waals surface area contributed by atoms with E-state index >= 15 is 0 Å². The predicted octanol–water partition coefficient (Wildman–Crippen LogP) is 5.88. The molecule has 4 aromatic carbocycles. The van der Waals surface area contributed by atoms with Crippen LogP contribution in [0.3, 0.4) is 0 Å². The van der Waals surface area contributed by atoms with Gasteiger partial charge in [-0.25, -0.2) is 4.79 Å². The Morgan fingerprint density at radius 1 is 0.951 bits per heavy atom. The molecule has 0 aromatic heterocycles. The van der Waals surface area contributed by atoms with Crippen molar-refractivity contribution in [2.45, 2.75) is 18.6 Å². The molecule has 9 heteroatoms. The maximum Gasteiger partial charge on any atom is 0.356 e. The predicted molar refractivity (Wildman–Crippen MR) is 150 cm³/mol. The normalized spacial score (nSPS) is 17.1. The van der Waals surface area contributed by atoms with Crippen molar-refractivity contribution in [1.29, 1.82) is 5.26 Å². The fourth-order valence-corrected chi connectivity index (χ4v) is 4.79. The van der Waals surface area contributed by atoms with Crippen LogP contribution in [0.4, 0.5) is 0 Å². The van der Waals surface area contributed by atoms with E-state index in [-0.39, 0.29) is 23.8 Å². The van der Waals surface area contributed by atoms with E-state index in [0.717, 1.165) is 11.1 Å². The summed E-state index contributed by atoms with van der Waals surface area (Å²) in [6, 6.07) is 29.1. The molecule has 2 aliphatic heterocycles. The molecule has 2 aliphatic rings. The molecule has 41 heavy (non-hydrogen) atoms. The highest BCUT2D eigenvalue weighted by Gasteiger charge is 2.32. The number of fused-ring (bicyclic) bond motifs is 2. The van der Waals surface area contributed by atoms with E-state index in [4.69, 9.17) is 41.0 Å². The van der Waals surface area contributed by atoms with Gasteiger partial charge in [0.05, 0.1) is 5.92 Å². The lowest BCUT2D eigenvalue weighted by Crippen LogP contribution is -2.39. The number of benzene rings is 4. The van der Waals surface area contributed by atoms with E-state index in [0.29, 0.717) is 40.2 Å². The molecule has 0 saturated heterocycles. The Balaban J connectivity index is 1.19. The van der Waals surface area contributed by atoms with Gasteiger partial charge in [-0.2, -0.15) is 5.26 Å². The van der Waals surface area contributed by atoms with Gasteiger partial charge in [0.15, 0.2) is 11.5 Å². The topological polar surface area (TPSA) is 113 Å². The number of nitrogens with zero attached hydrogens (tertiary/aromatic N) is 1. The minimum absolute atomic E-state index is 0.0165. The van der Waals surface area contributed by atoms with Crippen LogP contribution in [0.2, 0.25) is 5.02 Å². The van der Waals surface area contributed by atoms with E-state index in [2.05, 4.69) is 6.07 Å². The van der Waals surface area contributed by atoms with Crippen LogP contribution in [0.5, 0.6) is 28.7 Å². The average Bonchev–Trinajstić information content (AvgIpc) is 3.00. The second kappa shape index (κ2) is 11.2. The Kier molecular flexibility index (Phi) is 7.11. The lowest BCUT2D eigenvalue weighted by molar-refractivity contribution is -0.144. The minimum Gasteiger partial charge on any atom is -0.489 e. The van der Waals surface area contributed by atoms with Crippen LogP contribution in [0, 0.1) is 11.3 Å². The second-order valence-electron chi connectivity index (χ2n) is 9.39. The van der Waals surface area contributed by atoms with Crippen molar-refractivity contribution in [2.24, 2.45) is 5.73 Å². The van der Waals surface area contributed by atoms with Crippen molar-refractivity contribution in [1.82, 2.24) is 0 Å². The zero-order valence-corrected chi connectivity index (χ0v) is 22.3. The van der Waals surface area contributed by atoms with Gasteiger partial charge in [-0.1, -0.05) is 54.1 Å². The van der Waals surface area contributed by atoms with Crippen LogP contribution in [0.25, 0.3) is 0 Å². The zero-order chi connectivity index (χ0) is 28.3. The van der Waals surface area contributed by atoms with Crippen molar-refractivity contribution in [2.75, 3.05) is 6.61 Å². The molecule has 0 saturated carbocycles. The number of carbonyl (C=O) groups excluding carboxylic acids is 1. The first-order valence-corrected chi connectivity index (χ1v) is 13.1. The molecule has 4 aromatic rings. The first-order chi connectivity index (χ1) is 20.0. The lowest BCUT2D eigenvalue weighted by Gasteiger charge is -2.27. The Morgan fingerprint density at radius 3 is 2.44 bits per heavy atom. The van der Waals surface area contributed by atoms with Crippen LogP contribution in [0.1, 0.15) is 22.6 Å². The first-order valence-electron chi connectivity index (χ1n) is 12.8. The Morgan fingerprint density at radius 2 is 1.68 bits per heavy atom. The van der Waals surface area contributed by atoms with Crippen molar-refractivity contribution in [3.63, 3.8) is 0 Å². The molecule has 0 aliphatic carbocycles. The van der Waals surface area contributed by atoms with Crippen LogP contribution >= 0.6 is 11.6 Å². The highest BCUT2D eigenvalue weighted by atomic mass is 35.5.